The minimum atomic E-state index is -0.248. The van der Waals surface area contributed by atoms with E-state index in [4.69, 9.17) is 11.6 Å². The van der Waals surface area contributed by atoms with Crippen molar-refractivity contribution >= 4 is 23.2 Å². The Morgan fingerprint density at radius 3 is 2.36 bits per heavy atom. The van der Waals surface area contributed by atoms with Gasteiger partial charge in [-0.05, 0) is 54.8 Å². The highest BCUT2D eigenvalue weighted by molar-refractivity contribution is 6.30. The third kappa shape index (κ3) is 2.95. The highest BCUT2D eigenvalue weighted by Crippen LogP contribution is 2.46. The molecular formula is C18H19ClN2O. The molecule has 2 aromatic rings. The largest absolute Gasteiger partial charge is 0.378 e. The number of amides is 1. The predicted molar refractivity (Wildman–Crippen MR) is 90.6 cm³/mol. The van der Waals surface area contributed by atoms with Crippen molar-refractivity contribution in [3.63, 3.8) is 0 Å². The summed E-state index contributed by atoms with van der Waals surface area (Å²) in [5.74, 6) is -0.0391. The van der Waals surface area contributed by atoms with Gasteiger partial charge in [0.15, 0.2) is 0 Å². The van der Waals surface area contributed by atoms with Crippen LogP contribution in [0.1, 0.15) is 28.8 Å². The fourth-order valence-corrected chi connectivity index (χ4v) is 2.79. The van der Waals surface area contributed by atoms with E-state index >= 15 is 0 Å². The Balaban J connectivity index is 1.76. The standard InChI is InChI=1S/C18H19ClN2O/c1-21(2)16-8-6-13(7-9-16)17(22)20-18(10-11-18)14-4-3-5-15(19)12-14/h3-9,12H,10-11H2,1-2H3,(H,20,22). The molecule has 0 radical (unpaired) electrons. The van der Waals surface area contributed by atoms with Gasteiger partial charge < -0.3 is 10.2 Å². The summed E-state index contributed by atoms with van der Waals surface area (Å²) >= 11 is 6.06. The first-order valence-corrected chi connectivity index (χ1v) is 7.74. The summed E-state index contributed by atoms with van der Waals surface area (Å²) in [7, 11) is 3.96. The van der Waals surface area contributed by atoms with Crippen LogP contribution in [0.4, 0.5) is 5.69 Å². The average Bonchev–Trinajstić information content (AvgIpc) is 3.28. The molecule has 0 bridgehead atoms. The SMILES string of the molecule is CN(C)c1ccc(C(=O)NC2(c3cccc(Cl)c3)CC2)cc1. The summed E-state index contributed by atoms with van der Waals surface area (Å²) in [4.78, 5) is 14.5. The van der Waals surface area contributed by atoms with E-state index < -0.39 is 0 Å². The van der Waals surface area contributed by atoms with E-state index in [0.29, 0.717) is 10.6 Å². The molecule has 2 aromatic carbocycles. The van der Waals surface area contributed by atoms with Crippen molar-refractivity contribution in [3.05, 3.63) is 64.7 Å². The van der Waals surface area contributed by atoms with Gasteiger partial charge in [-0.3, -0.25) is 4.79 Å². The van der Waals surface area contributed by atoms with Gasteiger partial charge in [-0.15, -0.1) is 0 Å². The molecule has 3 rings (SSSR count). The number of nitrogens with zero attached hydrogens (tertiary/aromatic N) is 1. The molecule has 4 heteroatoms. The van der Waals surface area contributed by atoms with E-state index in [1.54, 1.807) is 0 Å². The van der Waals surface area contributed by atoms with Crippen LogP contribution in [0.2, 0.25) is 5.02 Å². The lowest BCUT2D eigenvalue weighted by molar-refractivity contribution is 0.0931. The van der Waals surface area contributed by atoms with Gasteiger partial charge in [-0.2, -0.15) is 0 Å². The van der Waals surface area contributed by atoms with Gasteiger partial charge in [0.1, 0.15) is 0 Å². The molecule has 0 aromatic heterocycles. The Morgan fingerprint density at radius 2 is 1.82 bits per heavy atom. The highest BCUT2D eigenvalue weighted by atomic mass is 35.5. The monoisotopic (exact) mass is 314 g/mol. The second-order valence-electron chi connectivity index (χ2n) is 5.99. The van der Waals surface area contributed by atoms with Gasteiger partial charge in [0, 0.05) is 30.4 Å². The molecule has 0 heterocycles. The Morgan fingerprint density at radius 1 is 1.14 bits per heavy atom. The highest BCUT2D eigenvalue weighted by Gasteiger charge is 2.45. The van der Waals surface area contributed by atoms with Gasteiger partial charge in [0.05, 0.1) is 5.54 Å². The van der Waals surface area contributed by atoms with Crippen molar-refractivity contribution in [2.45, 2.75) is 18.4 Å². The summed E-state index contributed by atoms with van der Waals surface area (Å²) in [6.45, 7) is 0. The Labute approximate surface area is 135 Å². The fourth-order valence-electron chi connectivity index (χ4n) is 2.60. The van der Waals surface area contributed by atoms with Gasteiger partial charge in [0.2, 0.25) is 0 Å². The van der Waals surface area contributed by atoms with Crippen molar-refractivity contribution in [3.8, 4) is 0 Å². The van der Waals surface area contributed by atoms with Crippen molar-refractivity contribution < 1.29 is 4.79 Å². The van der Waals surface area contributed by atoms with Gasteiger partial charge >= 0.3 is 0 Å². The number of halogens is 1. The number of nitrogens with one attached hydrogen (secondary N) is 1. The second kappa shape index (κ2) is 5.65. The number of rotatable bonds is 4. The molecule has 1 N–H and O–H groups in total. The van der Waals surface area contributed by atoms with Gasteiger partial charge in [-0.25, -0.2) is 0 Å². The molecule has 1 aliphatic rings. The smallest absolute Gasteiger partial charge is 0.251 e. The fraction of sp³-hybridized carbons (Fsp3) is 0.278. The zero-order valence-electron chi connectivity index (χ0n) is 12.8. The summed E-state index contributed by atoms with van der Waals surface area (Å²) in [5, 5.41) is 3.87. The number of hydrogen-bond acceptors (Lipinski definition) is 2. The summed E-state index contributed by atoms with van der Waals surface area (Å²) in [6, 6.07) is 15.4. The summed E-state index contributed by atoms with van der Waals surface area (Å²) < 4.78 is 0. The van der Waals surface area contributed by atoms with Crippen molar-refractivity contribution in [1.82, 2.24) is 5.32 Å². The maximum absolute atomic E-state index is 12.5. The molecule has 0 unspecified atom stereocenters. The van der Waals surface area contributed by atoms with E-state index in [1.807, 2.05) is 67.5 Å². The van der Waals surface area contributed by atoms with E-state index in [0.717, 1.165) is 24.1 Å². The van der Waals surface area contributed by atoms with E-state index in [2.05, 4.69) is 5.32 Å². The molecule has 1 saturated carbocycles. The third-order valence-corrected chi connectivity index (χ3v) is 4.36. The molecule has 0 saturated heterocycles. The maximum atomic E-state index is 12.5. The van der Waals surface area contributed by atoms with Crippen LogP contribution >= 0.6 is 11.6 Å². The number of benzene rings is 2. The molecule has 0 spiro atoms. The average molecular weight is 315 g/mol. The van der Waals surface area contributed by atoms with Crippen LogP contribution in [-0.2, 0) is 5.54 Å². The Bertz CT molecular complexity index is 690. The number of anilines is 1. The summed E-state index contributed by atoms with van der Waals surface area (Å²) in [6.07, 6.45) is 1.91. The lowest BCUT2D eigenvalue weighted by Gasteiger charge is -2.19. The Hall–Kier alpha value is -2.00. The molecule has 1 amide bonds. The van der Waals surface area contributed by atoms with E-state index in [9.17, 15) is 4.79 Å². The predicted octanol–water partition coefficient (Wildman–Crippen LogP) is 3.83. The Kier molecular flexibility index (Phi) is 3.83. The van der Waals surface area contributed by atoms with Gasteiger partial charge in [0.25, 0.3) is 5.91 Å². The zero-order chi connectivity index (χ0) is 15.7. The van der Waals surface area contributed by atoms with Crippen molar-refractivity contribution in [2.75, 3.05) is 19.0 Å². The molecule has 0 aliphatic heterocycles. The lowest BCUT2D eigenvalue weighted by Crippen LogP contribution is -2.34. The van der Waals surface area contributed by atoms with Crippen LogP contribution < -0.4 is 10.2 Å². The number of hydrogen-bond donors (Lipinski definition) is 1. The molecule has 22 heavy (non-hydrogen) atoms. The normalized spacial score (nSPS) is 15.2. The first kappa shape index (κ1) is 14.9. The molecule has 1 fully saturated rings. The molecule has 0 atom stereocenters. The number of carbonyl (C=O) groups is 1. The second-order valence-corrected chi connectivity index (χ2v) is 6.42. The van der Waals surface area contributed by atoms with Crippen LogP contribution in [0.25, 0.3) is 0 Å². The molecule has 1 aliphatic carbocycles. The van der Waals surface area contributed by atoms with Crippen LogP contribution in [0.15, 0.2) is 48.5 Å². The topological polar surface area (TPSA) is 32.3 Å². The molecule has 114 valence electrons. The molecule has 3 nitrogen and oxygen atoms in total. The first-order chi connectivity index (χ1) is 10.5. The van der Waals surface area contributed by atoms with Gasteiger partial charge in [-0.1, -0.05) is 23.7 Å². The maximum Gasteiger partial charge on any atom is 0.251 e. The molecular weight excluding hydrogens is 296 g/mol. The van der Waals surface area contributed by atoms with Crippen molar-refractivity contribution in [1.29, 1.82) is 0 Å². The minimum absolute atomic E-state index is 0.0391. The van der Waals surface area contributed by atoms with E-state index in [-0.39, 0.29) is 11.4 Å². The van der Waals surface area contributed by atoms with Crippen LogP contribution in [-0.4, -0.2) is 20.0 Å². The lowest BCUT2D eigenvalue weighted by atomic mass is 10.0. The summed E-state index contributed by atoms with van der Waals surface area (Å²) in [5.41, 5.74) is 2.59. The van der Waals surface area contributed by atoms with Crippen LogP contribution in [0, 0.1) is 0 Å². The van der Waals surface area contributed by atoms with Crippen LogP contribution in [0.3, 0.4) is 0 Å². The van der Waals surface area contributed by atoms with Crippen LogP contribution in [0.5, 0.6) is 0 Å². The minimum Gasteiger partial charge on any atom is -0.378 e. The zero-order valence-corrected chi connectivity index (χ0v) is 13.5. The first-order valence-electron chi connectivity index (χ1n) is 7.36. The van der Waals surface area contributed by atoms with E-state index in [1.165, 1.54) is 0 Å². The van der Waals surface area contributed by atoms with Crippen molar-refractivity contribution in [2.24, 2.45) is 0 Å². The quantitative estimate of drug-likeness (QED) is 0.930. The number of carbonyl (C=O) groups excluding carboxylic acids is 1. The third-order valence-electron chi connectivity index (χ3n) is 4.13.